The number of hydrogen-bond acceptors (Lipinski definition) is 2. The van der Waals surface area contributed by atoms with Gasteiger partial charge in [-0.2, -0.15) is 0 Å². The van der Waals surface area contributed by atoms with Crippen molar-refractivity contribution >= 4 is 5.69 Å². The maximum Gasteiger partial charge on any atom is 0.0743 e. The van der Waals surface area contributed by atoms with Crippen molar-refractivity contribution in [3.05, 3.63) is 29.8 Å². The van der Waals surface area contributed by atoms with Crippen LogP contribution in [0.25, 0.3) is 0 Å². The number of likely N-dealkylation sites (N-methyl/N-ethyl adjacent to an activating group) is 1. The summed E-state index contributed by atoms with van der Waals surface area (Å²) in [5.74, 6) is 0.554. The van der Waals surface area contributed by atoms with E-state index in [1.54, 1.807) is 0 Å². The van der Waals surface area contributed by atoms with Crippen LogP contribution in [-0.4, -0.2) is 24.3 Å². The van der Waals surface area contributed by atoms with Crippen LogP contribution in [0.5, 0.6) is 0 Å². The van der Waals surface area contributed by atoms with Gasteiger partial charge in [0.15, 0.2) is 0 Å². The lowest BCUT2D eigenvalue weighted by molar-refractivity contribution is 0.157. The summed E-state index contributed by atoms with van der Waals surface area (Å²) in [4.78, 5) is 2.26. The van der Waals surface area contributed by atoms with E-state index in [-0.39, 0.29) is 6.10 Å². The van der Waals surface area contributed by atoms with E-state index in [9.17, 15) is 5.11 Å². The smallest absolute Gasteiger partial charge is 0.0743 e. The van der Waals surface area contributed by atoms with Gasteiger partial charge in [-0.25, -0.2) is 0 Å². The molecule has 1 saturated carbocycles. The normalized spacial score (nSPS) is 17.2. The second-order valence-corrected chi connectivity index (χ2v) is 4.78. The van der Waals surface area contributed by atoms with Gasteiger partial charge in [-0.15, -0.1) is 0 Å². The number of nitrogens with zero attached hydrogens (tertiary/aromatic N) is 1. The fourth-order valence-corrected chi connectivity index (χ4v) is 2.10. The molecule has 1 unspecified atom stereocenters. The number of aliphatic hydroxyl groups is 1. The maximum absolute atomic E-state index is 9.98. The zero-order valence-corrected chi connectivity index (χ0v) is 10.2. The van der Waals surface area contributed by atoms with E-state index >= 15 is 0 Å². The predicted molar refractivity (Wildman–Crippen MR) is 67.8 cm³/mol. The van der Waals surface area contributed by atoms with Gasteiger partial charge in [0, 0.05) is 18.8 Å². The Morgan fingerprint density at radius 3 is 2.75 bits per heavy atom. The molecule has 0 saturated heterocycles. The summed E-state index contributed by atoms with van der Waals surface area (Å²) in [7, 11) is 0. The lowest BCUT2D eigenvalue weighted by Gasteiger charge is -2.26. The van der Waals surface area contributed by atoms with Gasteiger partial charge in [0.25, 0.3) is 0 Å². The number of aryl methyl sites for hydroxylation is 1. The Kier molecular flexibility index (Phi) is 3.49. The summed E-state index contributed by atoms with van der Waals surface area (Å²) in [5, 5.41) is 9.98. The molecule has 88 valence electrons. The summed E-state index contributed by atoms with van der Waals surface area (Å²) < 4.78 is 0. The lowest BCUT2D eigenvalue weighted by atomic mass is 10.1. The molecule has 2 heteroatoms. The van der Waals surface area contributed by atoms with Crippen LogP contribution >= 0.6 is 0 Å². The number of rotatable bonds is 5. The number of hydrogen-bond donors (Lipinski definition) is 1. The molecule has 0 heterocycles. The van der Waals surface area contributed by atoms with Gasteiger partial charge in [-0.05, 0) is 50.3 Å². The zero-order valence-electron chi connectivity index (χ0n) is 10.2. The van der Waals surface area contributed by atoms with Crippen molar-refractivity contribution in [3.63, 3.8) is 0 Å². The average molecular weight is 219 g/mol. The Morgan fingerprint density at radius 2 is 2.19 bits per heavy atom. The van der Waals surface area contributed by atoms with Crippen LogP contribution in [0.3, 0.4) is 0 Å². The summed E-state index contributed by atoms with van der Waals surface area (Å²) in [6.07, 6.45) is 2.25. The third-order valence-electron chi connectivity index (χ3n) is 3.32. The Bertz CT molecular complexity index is 346. The van der Waals surface area contributed by atoms with Gasteiger partial charge in [0.2, 0.25) is 0 Å². The largest absolute Gasteiger partial charge is 0.391 e. The SMILES string of the molecule is CCN(CC(O)C1CC1)c1cccc(C)c1. The Labute approximate surface area is 97.9 Å². The number of anilines is 1. The van der Waals surface area contributed by atoms with E-state index in [1.807, 2.05) is 0 Å². The first-order valence-electron chi connectivity index (χ1n) is 6.20. The first-order chi connectivity index (χ1) is 7.70. The quantitative estimate of drug-likeness (QED) is 0.823. The molecule has 16 heavy (non-hydrogen) atoms. The fraction of sp³-hybridized carbons (Fsp3) is 0.571. The van der Waals surface area contributed by atoms with Gasteiger partial charge >= 0.3 is 0 Å². The van der Waals surface area contributed by atoms with Crippen molar-refractivity contribution in [2.45, 2.75) is 32.8 Å². The third kappa shape index (κ3) is 2.76. The van der Waals surface area contributed by atoms with Crippen molar-refractivity contribution in [2.75, 3.05) is 18.0 Å². The van der Waals surface area contributed by atoms with Gasteiger partial charge < -0.3 is 10.0 Å². The first kappa shape index (κ1) is 11.5. The molecule has 0 bridgehead atoms. The topological polar surface area (TPSA) is 23.5 Å². The van der Waals surface area contributed by atoms with E-state index in [4.69, 9.17) is 0 Å². The molecular formula is C14H21NO. The molecule has 1 fully saturated rings. The minimum Gasteiger partial charge on any atom is -0.391 e. The van der Waals surface area contributed by atoms with Crippen LogP contribution in [-0.2, 0) is 0 Å². The van der Waals surface area contributed by atoms with E-state index in [0.717, 1.165) is 13.1 Å². The van der Waals surface area contributed by atoms with Gasteiger partial charge in [0.1, 0.15) is 0 Å². The number of aliphatic hydroxyl groups excluding tert-OH is 1. The highest BCUT2D eigenvalue weighted by Gasteiger charge is 2.30. The fourth-order valence-electron chi connectivity index (χ4n) is 2.10. The molecular weight excluding hydrogens is 198 g/mol. The van der Waals surface area contributed by atoms with Crippen LogP contribution in [0, 0.1) is 12.8 Å². The highest BCUT2D eigenvalue weighted by Crippen LogP contribution is 2.33. The molecule has 1 aliphatic carbocycles. The summed E-state index contributed by atoms with van der Waals surface area (Å²) in [6, 6.07) is 8.49. The molecule has 2 nitrogen and oxygen atoms in total. The molecule has 1 atom stereocenters. The van der Waals surface area contributed by atoms with Gasteiger partial charge in [-0.1, -0.05) is 12.1 Å². The van der Waals surface area contributed by atoms with Crippen molar-refractivity contribution in [1.82, 2.24) is 0 Å². The summed E-state index contributed by atoms with van der Waals surface area (Å²) in [5.41, 5.74) is 2.50. The molecule has 1 aromatic carbocycles. The molecule has 0 radical (unpaired) electrons. The van der Waals surface area contributed by atoms with Gasteiger partial charge in [-0.3, -0.25) is 0 Å². The van der Waals surface area contributed by atoms with E-state index in [1.165, 1.54) is 24.1 Å². The molecule has 0 amide bonds. The van der Waals surface area contributed by atoms with Crippen molar-refractivity contribution in [3.8, 4) is 0 Å². The predicted octanol–water partition coefficient (Wildman–Crippen LogP) is 2.59. The number of benzene rings is 1. The Hall–Kier alpha value is -1.02. The second-order valence-electron chi connectivity index (χ2n) is 4.78. The van der Waals surface area contributed by atoms with Crippen LogP contribution < -0.4 is 4.90 Å². The third-order valence-corrected chi connectivity index (χ3v) is 3.32. The van der Waals surface area contributed by atoms with E-state index in [0.29, 0.717) is 5.92 Å². The minimum atomic E-state index is -0.152. The molecule has 1 aliphatic rings. The molecule has 0 spiro atoms. The van der Waals surface area contributed by atoms with Crippen LogP contribution in [0.1, 0.15) is 25.3 Å². The zero-order chi connectivity index (χ0) is 11.5. The lowest BCUT2D eigenvalue weighted by Crippen LogP contribution is -2.33. The summed E-state index contributed by atoms with van der Waals surface area (Å²) in [6.45, 7) is 5.97. The van der Waals surface area contributed by atoms with E-state index < -0.39 is 0 Å². The van der Waals surface area contributed by atoms with E-state index in [2.05, 4.69) is 43.0 Å². The average Bonchev–Trinajstić information content (AvgIpc) is 3.09. The Morgan fingerprint density at radius 1 is 1.44 bits per heavy atom. The molecule has 1 aromatic rings. The van der Waals surface area contributed by atoms with Crippen molar-refractivity contribution in [1.29, 1.82) is 0 Å². The van der Waals surface area contributed by atoms with Gasteiger partial charge in [0.05, 0.1) is 6.10 Å². The summed E-state index contributed by atoms with van der Waals surface area (Å²) >= 11 is 0. The highest BCUT2D eigenvalue weighted by molar-refractivity contribution is 5.48. The molecule has 2 rings (SSSR count). The second kappa shape index (κ2) is 4.88. The minimum absolute atomic E-state index is 0.152. The van der Waals surface area contributed by atoms with Crippen LogP contribution in [0.2, 0.25) is 0 Å². The van der Waals surface area contributed by atoms with Crippen LogP contribution in [0.15, 0.2) is 24.3 Å². The van der Waals surface area contributed by atoms with Crippen LogP contribution in [0.4, 0.5) is 5.69 Å². The first-order valence-corrected chi connectivity index (χ1v) is 6.20. The maximum atomic E-state index is 9.98. The molecule has 1 N–H and O–H groups in total. The standard InChI is InChI=1S/C14H21NO/c1-3-15(10-14(16)12-7-8-12)13-6-4-5-11(2)9-13/h4-6,9,12,14,16H,3,7-8,10H2,1-2H3. The Balaban J connectivity index is 2.03. The highest BCUT2D eigenvalue weighted by atomic mass is 16.3. The molecule has 0 aliphatic heterocycles. The van der Waals surface area contributed by atoms with Crippen molar-refractivity contribution < 1.29 is 5.11 Å². The monoisotopic (exact) mass is 219 g/mol. The molecule has 0 aromatic heterocycles. The van der Waals surface area contributed by atoms with Crippen molar-refractivity contribution in [2.24, 2.45) is 5.92 Å².